The second-order valence-electron chi connectivity index (χ2n) is 8.16. The number of nitrogens with zero attached hydrogens (tertiary/aromatic N) is 4. The van der Waals surface area contributed by atoms with Gasteiger partial charge in [0.1, 0.15) is 11.7 Å². The van der Waals surface area contributed by atoms with Gasteiger partial charge in [0.2, 0.25) is 23.5 Å². The summed E-state index contributed by atoms with van der Waals surface area (Å²) in [4.78, 5) is 56.3. The van der Waals surface area contributed by atoms with Crippen molar-refractivity contribution >= 4 is 23.6 Å². The van der Waals surface area contributed by atoms with E-state index in [0.717, 1.165) is 21.6 Å². The summed E-state index contributed by atoms with van der Waals surface area (Å²) in [6.07, 6.45) is 0.177. The minimum absolute atomic E-state index is 0.0703. The van der Waals surface area contributed by atoms with Crippen LogP contribution in [0.4, 0.5) is 0 Å². The van der Waals surface area contributed by atoms with Crippen LogP contribution < -0.4 is 5.32 Å². The summed E-state index contributed by atoms with van der Waals surface area (Å²) < 4.78 is 5.36. The number of imide groups is 2. The molecule has 32 heavy (non-hydrogen) atoms. The molecule has 1 unspecified atom stereocenters. The maximum absolute atomic E-state index is 13.1. The lowest BCUT2D eigenvalue weighted by Crippen LogP contribution is -2.55. The lowest BCUT2D eigenvalue weighted by atomic mass is 10.0. The Morgan fingerprint density at radius 1 is 1.09 bits per heavy atom. The Balaban J connectivity index is 1.52. The van der Waals surface area contributed by atoms with Gasteiger partial charge in [0.05, 0.1) is 6.54 Å². The number of aromatic nitrogens is 2. The van der Waals surface area contributed by atoms with Crippen LogP contribution in [-0.2, 0) is 25.7 Å². The largest absolute Gasteiger partial charge is 0.360 e. The number of amides is 4. The van der Waals surface area contributed by atoms with Crippen LogP contribution in [0.15, 0.2) is 34.0 Å². The van der Waals surface area contributed by atoms with Gasteiger partial charge in [-0.05, 0) is 39.3 Å². The molecule has 10 nitrogen and oxygen atoms in total. The van der Waals surface area contributed by atoms with E-state index in [1.54, 1.807) is 11.9 Å². The number of carbonyl (C=O) groups is 4. The lowest BCUT2D eigenvalue weighted by molar-refractivity contribution is -0.150. The Labute approximate surface area is 184 Å². The molecule has 2 aromatic rings. The number of aryl methyl sites for hydroxylation is 2. The van der Waals surface area contributed by atoms with Crippen molar-refractivity contribution in [1.29, 1.82) is 0 Å². The van der Waals surface area contributed by atoms with Gasteiger partial charge in [-0.25, -0.2) is 0 Å². The van der Waals surface area contributed by atoms with Crippen LogP contribution >= 0.6 is 0 Å². The zero-order chi connectivity index (χ0) is 23.2. The highest BCUT2D eigenvalue weighted by Gasteiger charge is 2.46. The lowest BCUT2D eigenvalue weighted by Gasteiger charge is -2.29. The Kier molecular flexibility index (Phi) is 5.37. The molecule has 1 fully saturated rings. The van der Waals surface area contributed by atoms with Gasteiger partial charge >= 0.3 is 0 Å². The van der Waals surface area contributed by atoms with Crippen LogP contribution in [0.5, 0.6) is 0 Å². The topological polar surface area (TPSA) is 126 Å². The van der Waals surface area contributed by atoms with E-state index in [9.17, 15) is 19.2 Å². The normalized spacial score (nSPS) is 19.1. The number of piperidine rings is 1. The molecule has 2 aliphatic heterocycles. The van der Waals surface area contributed by atoms with Gasteiger partial charge in [-0.15, -0.1) is 0 Å². The fourth-order valence-corrected chi connectivity index (χ4v) is 4.13. The molecule has 3 heterocycles. The van der Waals surface area contributed by atoms with Crippen molar-refractivity contribution in [3.05, 3.63) is 46.5 Å². The molecule has 1 saturated heterocycles. The van der Waals surface area contributed by atoms with Crippen molar-refractivity contribution < 1.29 is 23.7 Å². The molecule has 1 aromatic heterocycles. The van der Waals surface area contributed by atoms with E-state index < -0.39 is 29.7 Å². The molecule has 4 rings (SSSR count). The zero-order valence-electron chi connectivity index (χ0n) is 18.3. The quantitative estimate of drug-likeness (QED) is 0.693. The maximum atomic E-state index is 13.1. The smallest absolute Gasteiger partial charge is 0.278 e. The summed E-state index contributed by atoms with van der Waals surface area (Å²) in [6, 6.07) is 4.95. The Bertz CT molecular complexity index is 1160. The number of hydrogen-bond donors (Lipinski definition) is 1. The van der Waals surface area contributed by atoms with E-state index in [1.165, 1.54) is 6.92 Å². The molecular weight excluding hydrogens is 414 g/mol. The van der Waals surface area contributed by atoms with E-state index in [-0.39, 0.29) is 36.5 Å². The summed E-state index contributed by atoms with van der Waals surface area (Å²) >= 11 is 0. The van der Waals surface area contributed by atoms with Crippen LogP contribution in [-0.4, -0.2) is 56.7 Å². The molecule has 4 amide bonds. The first-order valence-electron chi connectivity index (χ1n) is 10.2. The van der Waals surface area contributed by atoms with Crippen LogP contribution in [0.1, 0.15) is 36.8 Å². The standard InChI is InChI=1S/C22H23N5O5/c1-11-7-12(2)9-14(8-11)19-24-17(32-25-19)10-26(4)18-13(3)21(30)27(22(18)31)15-5-6-16(28)23-20(15)29/h7-9,15H,5-6,10H2,1-4H3,(H,23,28,29). The van der Waals surface area contributed by atoms with Gasteiger partial charge in [-0.2, -0.15) is 4.98 Å². The summed E-state index contributed by atoms with van der Waals surface area (Å²) in [6.45, 7) is 5.61. The van der Waals surface area contributed by atoms with Gasteiger partial charge in [0.25, 0.3) is 11.8 Å². The van der Waals surface area contributed by atoms with Gasteiger partial charge in [-0.1, -0.05) is 22.3 Å². The van der Waals surface area contributed by atoms with Crippen molar-refractivity contribution in [3.8, 4) is 11.4 Å². The molecule has 2 aliphatic rings. The van der Waals surface area contributed by atoms with Crippen molar-refractivity contribution in [3.63, 3.8) is 0 Å². The first kappa shape index (κ1) is 21.4. The predicted molar refractivity (Wildman–Crippen MR) is 111 cm³/mol. The number of rotatable bonds is 5. The Morgan fingerprint density at radius 3 is 2.44 bits per heavy atom. The van der Waals surface area contributed by atoms with Crippen molar-refractivity contribution in [2.45, 2.75) is 46.2 Å². The SMILES string of the molecule is CC1=C(N(C)Cc2nc(-c3cc(C)cc(C)c3)no2)C(=O)N(C2CCC(=O)NC2=O)C1=O. The number of nitrogens with one attached hydrogen (secondary N) is 1. The first-order chi connectivity index (χ1) is 15.2. The molecule has 1 atom stereocenters. The monoisotopic (exact) mass is 437 g/mol. The molecule has 1 aromatic carbocycles. The number of hydrogen-bond acceptors (Lipinski definition) is 8. The first-order valence-corrected chi connectivity index (χ1v) is 10.2. The molecule has 0 saturated carbocycles. The van der Waals surface area contributed by atoms with Gasteiger partial charge in [0.15, 0.2) is 0 Å². The molecular formula is C22H23N5O5. The van der Waals surface area contributed by atoms with Crippen LogP contribution in [0.2, 0.25) is 0 Å². The van der Waals surface area contributed by atoms with E-state index in [0.29, 0.717) is 5.82 Å². The molecule has 0 radical (unpaired) electrons. The molecule has 0 aliphatic carbocycles. The second kappa shape index (κ2) is 8.03. The Hall–Kier alpha value is -3.82. The highest BCUT2D eigenvalue weighted by Crippen LogP contribution is 2.28. The van der Waals surface area contributed by atoms with Gasteiger partial charge in [-0.3, -0.25) is 29.4 Å². The minimum atomic E-state index is -1.01. The van der Waals surface area contributed by atoms with E-state index >= 15 is 0 Å². The van der Waals surface area contributed by atoms with Crippen LogP contribution in [0, 0.1) is 13.8 Å². The van der Waals surface area contributed by atoms with Gasteiger partial charge in [0, 0.05) is 24.6 Å². The average molecular weight is 437 g/mol. The van der Waals surface area contributed by atoms with Crippen molar-refractivity contribution in [1.82, 2.24) is 25.3 Å². The molecule has 0 spiro atoms. The summed E-state index contributed by atoms with van der Waals surface area (Å²) in [5, 5.41) is 6.21. The van der Waals surface area contributed by atoms with Gasteiger partial charge < -0.3 is 9.42 Å². The van der Waals surface area contributed by atoms with Crippen LogP contribution in [0.3, 0.4) is 0 Å². The fourth-order valence-electron chi connectivity index (χ4n) is 4.13. The van der Waals surface area contributed by atoms with Crippen molar-refractivity contribution in [2.75, 3.05) is 7.05 Å². The second-order valence-corrected chi connectivity index (χ2v) is 8.16. The third-order valence-corrected chi connectivity index (χ3v) is 5.54. The minimum Gasteiger partial charge on any atom is -0.360 e. The molecule has 0 bridgehead atoms. The fraction of sp³-hybridized carbons (Fsp3) is 0.364. The van der Waals surface area contributed by atoms with E-state index in [2.05, 4.69) is 15.5 Å². The summed E-state index contributed by atoms with van der Waals surface area (Å²) in [5.41, 5.74) is 3.36. The van der Waals surface area contributed by atoms with E-state index in [4.69, 9.17) is 4.52 Å². The summed E-state index contributed by atoms with van der Waals surface area (Å²) in [5.74, 6) is -1.48. The maximum Gasteiger partial charge on any atom is 0.278 e. The van der Waals surface area contributed by atoms with Crippen LogP contribution in [0.25, 0.3) is 11.4 Å². The third-order valence-electron chi connectivity index (χ3n) is 5.54. The molecule has 166 valence electrons. The number of carbonyl (C=O) groups excluding carboxylic acids is 4. The third kappa shape index (κ3) is 3.79. The van der Waals surface area contributed by atoms with Crippen molar-refractivity contribution in [2.24, 2.45) is 0 Å². The molecule has 10 heteroatoms. The Morgan fingerprint density at radius 2 is 1.78 bits per heavy atom. The average Bonchev–Trinajstić information content (AvgIpc) is 3.25. The predicted octanol–water partition coefficient (Wildman–Crippen LogP) is 1.23. The number of likely N-dealkylation sites (N-methyl/N-ethyl adjacent to an activating group) is 1. The van der Waals surface area contributed by atoms with E-state index in [1.807, 2.05) is 32.0 Å². The zero-order valence-corrected chi connectivity index (χ0v) is 18.3. The highest BCUT2D eigenvalue weighted by atomic mass is 16.5. The summed E-state index contributed by atoms with van der Waals surface area (Å²) in [7, 11) is 1.64. The number of benzene rings is 1. The highest BCUT2D eigenvalue weighted by molar-refractivity contribution is 6.21. The molecule has 1 N–H and O–H groups in total.